The van der Waals surface area contributed by atoms with E-state index < -0.39 is 0 Å². The third-order valence-electron chi connectivity index (χ3n) is 5.34. The highest BCUT2D eigenvalue weighted by atomic mass is 127. The molecule has 0 aromatic carbocycles. The number of anilines is 1. The van der Waals surface area contributed by atoms with Crippen molar-refractivity contribution in [2.45, 2.75) is 44.6 Å². The Kier molecular flexibility index (Phi) is 9.18. The van der Waals surface area contributed by atoms with Crippen LogP contribution < -0.4 is 15.5 Å². The van der Waals surface area contributed by atoms with Crippen molar-refractivity contribution in [3.8, 4) is 0 Å². The fourth-order valence-electron chi connectivity index (χ4n) is 3.84. The zero-order valence-electron chi connectivity index (χ0n) is 17.3. The van der Waals surface area contributed by atoms with E-state index in [1.165, 1.54) is 19.3 Å². The van der Waals surface area contributed by atoms with Gasteiger partial charge < -0.3 is 20.4 Å². The Balaban J connectivity index is 0.00000300. The van der Waals surface area contributed by atoms with Crippen LogP contribution in [0.3, 0.4) is 0 Å². The molecule has 1 aromatic heterocycles. The van der Waals surface area contributed by atoms with Crippen LogP contribution in [0.1, 0.15) is 38.5 Å². The first-order valence-electron chi connectivity index (χ1n) is 10.1. The minimum Gasteiger partial charge on any atom is -0.356 e. The first kappa shape index (κ1) is 23.4. The molecule has 0 bridgehead atoms. The molecule has 0 unspecified atom stereocenters. The van der Waals surface area contributed by atoms with Crippen molar-refractivity contribution >= 4 is 47.4 Å². The highest BCUT2D eigenvalue weighted by molar-refractivity contribution is 14.0. The van der Waals surface area contributed by atoms with Gasteiger partial charge in [0.2, 0.25) is 11.8 Å². The van der Waals surface area contributed by atoms with Crippen molar-refractivity contribution in [3.05, 3.63) is 12.4 Å². The Morgan fingerprint density at radius 2 is 2.03 bits per heavy atom. The fraction of sp³-hybridized carbons (Fsp3) is 0.684. The van der Waals surface area contributed by atoms with E-state index in [0.717, 1.165) is 18.5 Å². The average Bonchev–Trinajstić information content (AvgIpc) is 3.12. The number of aryl methyl sites for hydroxylation is 1. The molecule has 10 heteroatoms. The molecule has 2 fully saturated rings. The third-order valence-corrected chi connectivity index (χ3v) is 5.34. The maximum atomic E-state index is 12.5. The van der Waals surface area contributed by atoms with Crippen molar-refractivity contribution in [3.63, 3.8) is 0 Å². The van der Waals surface area contributed by atoms with Crippen LogP contribution in [0, 0.1) is 0 Å². The minimum absolute atomic E-state index is 0. The molecule has 0 radical (unpaired) electrons. The number of amides is 2. The van der Waals surface area contributed by atoms with Gasteiger partial charge in [0.05, 0.1) is 11.9 Å². The molecule has 2 amide bonds. The van der Waals surface area contributed by atoms with Gasteiger partial charge >= 0.3 is 0 Å². The van der Waals surface area contributed by atoms with E-state index in [4.69, 9.17) is 0 Å². The summed E-state index contributed by atoms with van der Waals surface area (Å²) in [5, 5.41) is 10.5. The quantitative estimate of drug-likeness (QED) is 0.347. The summed E-state index contributed by atoms with van der Waals surface area (Å²) in [5.74, 6) is 0.745. The predicted octanol–water partition coefficient (Wildman–Crippen LogP) is 1.10. The Hall–Kier alpha value is -1.85. The Morgan fingerprint density at radius 3 is 2.66 bits per heavy atom. The van der Waals surface area contributed by atoms with E-state index in [1.54, 1.807) is 22.8 Å². The standard InChI is InChI=1S/C19H31N7O2.HI/c1-20-19(21-9-8-17(27)23-15-6-4-3-5-7-15)25-10-11-26(18(28)14-25)16-12-22-24(2)13-16;/h12-13,15H,3-11,14H2,1-2H3,(H,20,21)(H,23,27);1H. The molecule has 1 saturated carbocycles. The van der Waals surface area contributed by atoms with Gasteiger partial charge in [-0.05, 0) is 12.8 Å². The van der Waals surface area contributed by atoms with E-state index >= 15 is 0 Å². The van der Waals surface area contributed by atoms with Gasteiger partial charge in [-0.25, -0.2) is 0 Å². The minimum atomic E-state index is 0. The molecular formula is C19H32IN7O2. The smallest absolute Gasteiger partial charge is 0.246 e. The summed E-state index contributed by atoms with van der Waals surface area (Å²) in [4.78, 5) is 32.6. The fourth-order valence-corrected chi connectivity index (χ4v) is 3.84. The Bertz CT molecular complexity index is 715. The summed E-state index contributed by atoms with van der Waals surface area (Å²) in [7, 11) is 3.53. The van der Waals surface area contributed by atoms with Crippen LogP contribution in [0.15, 0.2) is 17.4 Å². The predicted molar refractivity (Wildman–Crippen MR) is 124 cm³/mol. The molecule has 2 heterocycles. The van der Waals surface area contributed by atoms with Gasteiger partial charge in [-0.2, -0.15) is 5.10 Å². The Labute approximate surface area is 189 Å². The average molecular weight is 517 g/mol. The van der Waals surface area contributed by atoms with E-state index in [1.807, 2.05) is 18.1 Å². The number of aromatic nitrogens is 2. The van der Waals surface area contributed by atoms with Crippen molar-refractivity contribution in [1.29, 1.82) is 0 Å². The third kappa shape index (κ3) is 6.58. The molecule has 1 aliphatic carbocycles. The van der Waals surface area contributed by atoms with E-state index in [2.05, 4.69) is 20.7 Å². The van der Waals surface area contributed by atoms with Crippen molar-refractivity contribution in [2.24, 2.45) is 12.0 Å². The lowest BCUT2D eigenvalue weighted by atomic mass is 9.95. The molecule has 1 aliphatic heterocycles. The molecule has 162 valence electrons. The number of nitrogens with zero attached hydrogens (tertiary/aromatic N) is 5. The van der Waals surface area contributed by atoms with Crippen LogP contribution in [-0.2, 0) is 16.6 Å². The summed E-state index contributed by atoms with van der Waals surface area (Å²) >= 11 is 0. The van der Waals surface area contributed by atoms with Crippen molar-refractivity contribution < 1.29 is 9.59 Å². The number of carbonyl (C=O) groups excluding carboxylic acids is 2. The first-order chi connectivity index (χ1) is 13.6. The summed E-state index contributed by atoms with van der Waals surface area (Å²) in [6.45, 7) is 2.01. The number of rotatable bonds is 5. The summed E-state index contributed by atoms with van der Waals surface area (Å²) in [6.07, 6.45) is 9.80. The SMILES string of the molecule is CN=C(NCCC(=O)NC1CCCCC1)N1CCN(c2cnn(C)c2)C(=O)C1.I. The maximum Gasteiger partial charge on any atom is 0.246 e. The molecule has 9 nitrogen and oxygen atoms in total. The van der Waals surface area contributed by atoms with Gasteiger partial charge in [0.1, 0.15) is 6.54 Å². The first-order valence-corrected chi connectivity index (χ1v) is 10.1. The molecular weight excluding hydrogens is 485 g/mol. The number of hydrogen-bond donors (Lipinski definition) is 2. The Morgan fingerprint density at radius 1 is 1.28 bits per heavy atom. The number of nitrogens with one attached hydrogen (secondary N) is 2. The number of hydrogen-bond acceptors (Lipinski definition) is 4. The molecule has 2 N–H and O–H groups in total. The molecule has 0 spiro atoms. The van der Waals surface area contributed by atoms with Gasteiger partial charge in [0, 0.05) is 52.4 Å². The molecule has 1 aromatic rings. The zero-order chi connectivity index (χ0) is 19.9. The molecule has 29 heavy (non-hydrogen) atoms. The number of halogens is 1. The lowest BCUT2D eigenvalue weighted by Gasteiger charge is -2.35. The summed E-state index contributed by atoms with van der Waals surface area (Å²) in [6, 6.07) is 0.332. The highest BCUT2D eigenvalue weighted by Gasteiger charge is 2.27. The van der Waals surface area contributed by atoms with Gasteiger partial charge in [-0.3, -0.25) is 19.3 Å². The maximum absolute atomic E-state index is 12.5. The van der Waals surface area contributed by atoms with Crippen LogP contribution in [0.4, 0.5) is 5.69 Å². The van der Waals surface area contributed by atoms with Crippen LogP contribution in [0.25, 0.3) is 0 Å². The van der Waals surface area contributed by atoms with Crippen LogP contribution in [0.2, 0.25) is 0 Å². The molecule has 1 saturated heterocycles. The number of guanidine groups is 1. The van der Waals surface area contributed by atoms with Crippen LogP contribution >= 0.6 is 24.0 Å². The second kappa shape index (κ2) is 11.4. The van der Waals surface area contributed by atoms with E-state index in [0.29, 0.717) is 38.1 Å². The topological polar surface area (TPSA) is 94.9 Å². The largest absolute Gasteiger partial charge is 0.356 e. The van der Waals surface area contributed by atoms with Gasteiger partial charge in [0.25, 0.3) is 0 Å². The second-order valence-electron chi connectivity index (χ2n) is 7.47. The number of carbonyl (C=O) groups is 2. The molecule has 3 rings (SSSR count). The molecule has 0 atom stereocenters. The highest BCUT2D eigenvalue weighted by Crippen LogP contribution is 2.17. The summed E-state index contributed by atoms with van der Waals surface area (Å²) in [5.41, 5.74) is 0.814. The summed E-state index contributed by atoms with van der Waals surface area (Å²) < 4.78 is 1.69. The van der Waals surface area contributed by atoms with Crippen molar-refractivity contribution in [2.75, 3.05) is 38.1 Å². The van der Waals surface area contributed by atoms with Gasteiger partial charge in [-0.1, -0.05) is 19.3 Å². The lowest BCUT2D eigenvalue weighted by Crippen LogP contribution is -2.55. The van der Waals surface area contributed by atoms with Crippen LogP contribution in [-0.4, -0.2) is 71.7 Å². The molecule has 2 aliphatic rings. The van der Waals surface area contributed by atoms with E-state index in [-0.39, 0.29) is 42.3 Å². The second-order valence-corrected chi connectivity index (χ2v) is 7.47. The zero-order valence-corrected chi connectivity index (χ0v) is 19.6. The number of piperazine rings is 1. The van der Waals surface area contributed by atoms with Crippen LogP contribution in [0.5, 0.6) is 0 Å². The van der Waals surface area contributed by atoms with Gasteiger partial charge in [-0.15, -0.1) is 24.0 Å². The van der Waals surface area contributed by atoms with Gasteiger partial charge in [0.15, 0.2) is 5.96 Å². The van der Waals surface area contributed by atoms with Crippen molar-refractivity contribution in [1.82, 2.24) is 25.3 Å². The normalized spacial score (nSPS) is 18.4. The van der Waals surface area contributed by atoms with E-state index in [9.17, 15) is 9.59 Å². The number of aliphatic imine (C=N–C) groups is 1. The monoisotopic (exact) mass is 517 g/mol. The lowest BCUT2D eigenvalue weighted by molar-refractivity contribution is -0.122.